The van der Waals surface area contributed by atoms with E-state index in [1.54, 1.807) is 0 Å². The molecular formula is C15H12F3NO3S. The smallest absolute Gasteiger partial charge is 0.485 e. The zero-order chi connectivity index (χ0) is 17.3. The lowest BCUT2D eigenvalue weighted by atomic mass is 10.1. The first-order valence-corrected chi connectivity index (χ1v) is 7.80. The zero-order valence-electron chi connectivity index (χ0n) is 11.9. The first-order valence-electron chi connectivity index (χ1n) is 6.39. The summed E-state index contributed by atoms with van der Waals surface area (Å²) < 4.78 is 61.1. The number of aryl methyl sites for hydroxylation is 1. The van der Waals surface area contributed by atoms with Gasteiger partial charge in [-0.1, -0.05) is 30.3 Å². The van der Waals surface area contributed by atoms with Crippen LogP contribution in [0.25, 0.3) is 21.7 Å². The monoisotopic (exact) mass is 343 g/mol. The molecule has 0 radical (unpaired) electrons. The Morgan fingerprint density at radius 2 is 1.43 bits per heavy atom. The molecular weight excluding hydrogens is 331 g/mol. The summed E-state index contributed by atoms with van der Waals surface area (Å²) in [6.45, 7) is 0. The van der Waals surface area contributed by atoms with Gasteiger partial charge in [0.25, 0.3) is 0 Å². The van der Waals surface area contributed by atoms with Crippen molar-refractivity contribution in [2.45, 2.75) is 5.51 Å². The Morgan fingerprint density at radius 1 is 0.957 bits per heavy atom. The van der Waals surface area contributed by atoms with E-state index in [0.29, 0.717) is 0 Å². The molecule has 1 heterocycles. The van der Waals surface area contributed by atoms with Crippen LogP contribution in [0.4, 0.5) is 13.2 Å². The van der Waals surface area contributed by atoms with Crippen LogP contribution in [0.5, 0.6) is 0 Å². The van der Waals surface area contributed by atoms with E-state index in [1.807, 2.05) is 0 Å². The summed E-state index contributed by atoms with van der Waals surface area (Å²) in [7, 11) is -4.00. The Kier molecular flexibility index (Phi) is 4.58. The van der Waals surface area contributed by atoms with Crippen LogP contribution in [0.3, 0.4) is 0 Å². The number of benzene rings is 2. The van der Waals surface area contributed by atoms with Crippen LogP contribution >= 0.6 is 0 Å². The van der Waals surface area contributed by atoms with E-state index in [2.05, 4.69) is 66.3 Å². The fraction of sp³-hybridized carbons (Fsp3) is 0.133. The van der Waals surface area contributed by atoms with Crippen LogP contribution in [0.15, 0.2) is 54.7 Å². The summed E-state index contributed by atoms with van der Waals surface area (Å²) in [5.74, 6) is 0. The predicted octanol–water partition coefficient (Wildman–Crippen LogP) is 2.87. The number of pyridine rings is 1. The predicted molar refractivity (Wildman–Crippen MR) is 78.4 cm³/mol. The number of nitrogens with zero attached hydrogens (tertiary/aromatic N) is 1. The van der Waals surface area contributed by atoms with Crippen LogP contribution in [0.1, 0.15) is 0 Å². The van der Waals surface area contributed by atoms with Crippen LogP contribution in [0.2, 0.25) is 0 Å². The van der Waals surface area contributed by atoms with Crippen molar-refractivity contribution in [3.63, 3.8) is 0 Å². The minimum atomic E-state index is -6.09. The third kappa shape index (κ3) is 3.77. The summed E-state index contributed by atoms with van der Waals surface area (Å²) in [4.78, 5) is 0. The average Bonchev–Trinajstić information content (AvgIpc) is 2.46. The Morgan fingerprint density at radius 3 is 2.00 bits per heavy atom. The lowest BCUT2D eigenvalue weighted by Crippen LogP contribution is -2.28. The number of aromatic nitrogens is 1. The molecule has 8 heteroatoms. The second-order valence-electron chi connectivity index (χ2n) is 4.74. The van der Waals surface area contributed by atoms with Crippen molar-refractivity contribution in [2.24, 2.45) is 7.05 Å². The van der Waals surface area contributed by atoms with Gasteiger partial charge in [-0.3, -0.25) is 0 Å². The second kappa shape index (κ2) is 6.13. The zero-order valence-corrected chi connectivity index (χ0v) is 12.7. The minimum absolute atomic E-state index is 1.27. The summed E-state index contributed by atoms with van der Waals surface area (Å²) in [6.07, 6.45) is 2.18. The Hall–Kier alpha value is -2.19. The van der Waals surface area contributed by atoms with E-state index in [9.17, 15) is 13.2 Å². The maximum Gasteiger partial charge on any atom is 0.485 e. The molecule has 0 N–H and O–H groups in total. The summed E-state index contributed by atoms with van der Waals surface area (Å²) >= 11 is 0. The van der Waals surface area contributed by atoms with E-state index >= 15 is 0 Å². The van der Waals surface area contributed by atoms with Crippen molar-refractivity contribution in [2.75, 3.05) is 0 Å². The Labute approximate surface area is 130 Å². The quantitative estimate of drug-likeness (QED) is 0.273. The van der Waals surface area contributed by atoms with E-state index in [0.717, 1.165) is 0 Å². The highest BCUT2D eigenvalue weighted by Gasteiger charge is 2.36. The standard InChI is InChI=1S/C14H12N.CHF3O3S/c1-15-10-11-6-2-3-7-12(11)13-8-4-5-9-14(13)15;2-1(3,4)8(5,6)7/h2-10H,1H3;(H,5,6,7)/q+1;/p-1. The number of hydrogen-bond donors (Lipinski definition) is 0. The van der Waals surface area contributed by atoms with Gasteiger partial charge in [0.05, 0.1) is 5.39 Å². The number of rotatable bonds is 0. The molecule has 0 spiro atoms. The molecule has 122 valence electrons. The maximum absolute atomic E-state index is 10.7. The first kappa shape index (κ1) is 17.2. The van der Waals surface area contributed by atoms with Gasteiger partial charge in [0, 0.05) is 16.8 Å². The molecule has 0 aliphatic heterocycles. The molecule has 0 bridgehead atoms. The van der Waals surface area contributed by atoms with Crippen LogP contribution in [-0.4, -0.2) is 18.5 Å². The van der Waals surface area contributed by atoms with Crippen LogP contribution in [0, 0.1) is 0 Å². The molecule has 0 atom stereocenters. The lowest BCUT2D eigenvalue weighted by Gasteiger charge is -2.08. The van der Waals surface area contributed by atoms with Crippen LogP contribution < -0.4 is 4.57 Å². The Balaban J connectivity index is 0.000000207. The highest BCUT2D eigenvalue weighted by molar-refractivity contribution is 7.86. The minimum Gasteiger partial charge on any atom is -0.741 e. The molecule has 4 nitrogen and oxygen atoms in total. The first-order chi connectivity index (χ1) is 10.6. The number of alkyl halides is 3. The molecule has 0 aliphatic rings. The molecule has 0 saturated carbocycles. The van der Waals surface area contributed by atoms with Crippen LogP contribution in [-0.2, 0) is 17.2 Å². The number of hydrogen-bond acceptors (Lipinski definition) is 3. The van der Waals surface area contributed by atoms with Gasteiger partial charge in [0.1, 0.15) is 7.05 Å². The summed E-state index contributed by atoms with van der Waals surface area (Å²) in [6, 6.07) is 17.0. The molecule has 0 unspecified atom stereocenters. The fourth-order valence-corrected chi connectivity index (χ4v) is 2.14. The molecule has 3 aromatic rings. The number of fused-ring (bicyclic) bond motifs is 3. The van der Waals surface area contributed by atoms with Crippen molar-refractivity contribution in [1.82, 2.24) is 0 Å². The second-order valence-corrected chi connectivity index (χ2v) is 6.12. The largest absolute Gasteiger partial charge is 0.741 e. The number of halogens is 3. The van der Waals surface area contributed by atoms with Gasteiger partial charge in [0.2, 0.25) is 5.52 Å². The molecule has 0 amide bonds. The van der Waals surface area contributed by atoms with Gasteiger partial charge in [-0.2, -0.15) is 13.2 Å². The van der Waals surface area contributed by atoms with Crippen molar-refractivity contribution in [3.05, 3.63) is 54.7 Å². The van der Waals surface area contributed by atoms with Gasteiger partial charge in [-0.25, -0.2) is 13.0 Å². The van der Waals surface area contributed by atoms with Crippen molar-refractivity contribution < 1.29 is 30.7 Å². The third-order valence-corrected chi connectivity index (χ3v) is 3.72. The van der Waals surface area contributed by atoms with E-state index < -0.39 is 15.6 Å². The van der Waals surface area contributed by atoms with Crippen molar-refractivity contribution in [1.29, 1.82) is 0 Å². The molecule has 0 aliphatic carbocycles. The molecule has 23 heavy (non-hydrogen) atoms. The summed E-state index contributed by atoms with van der Waals surface area (Å²) in [5.41, 5.74) is -4.37. The summed E-state index contributed by atoms with van der Waals surface area (Å²) in [5, 5.41) is 3.93. The third-order valence-electron chi connectivity index (χ3n) is 3.15. The van der Waals surface area contributed by atoms with Gasteiger partial charge >= 0.3 is 5.51 Å². The molecule has 0 saturated heterocycles. The topological polar surface area (TPSA) is 61.1 Å². The highest BCUT2D eigenvalue weighted by atomic mass is 32.2. The SMILES string of the molecule is C[n+]1cc2ccccc2c2ccccc21.O=S(=O)([O-])C(F)(F)F. The average molecular weight is 343 g/mol. The van der Waals surface area contributed by atoms with Gasteiger partial charge in [-0.05, 0) is 12.1 Å². The fourth-order valence-electron chi connectivity index (χ4n) is 2.14. The van der Waals surface area contributed by atoms with E-state index in [-0.39, 0.29) is 0 Å². The lowest BCUT2D eigenvalue weighted by molar-refractivity contribution is -0.643. The Bertz CT molecular complexity index is 953. The van der Waals surface area contributed by atoms with Gasteiger partial charge in [-0.15, -0.1) is 0 Å². The molecule has 2 aromatic carbocycles. The van der Waals surface area contributed by atoms with Crippen molar-refractivity contribution in [3.8, 4) is 0 Å². The normalized spacial score (nSPS) is 12.0. The van der Waals surface area contributed by atoms with Gasteiger partial charge in [0.15, 0.2) is 16.3 Å². The van der Waals surface area contributed by atoms with E-state index in [1.165, 1.54) is 21.7 Å². The maximum atomic E-state index is 10.7. The molecule has 1 aromatic heterocycles. The highest BCUT2D eigenvalue weighted by Crippen LogP contribution is 2.21. The van der Waals surface area contributed by atoms with Crippen molar-refractivity contribution >= 4 is 31.8 Å². The van der Waals surface area contributed by atoms with E-state index in [4.69, 9.17) is 13.0 Å². The molecule has 3 rings (SSSR count). The van der Waals surface area contributed by atoms with Gasteiger partial charge < -0.3 is 4.55 Å². The number of para-hydroxylation sites is 1. The molecule has 0 fully saturated rings.